The topological polar surface area (TPSA) is 67.4 Å². The summed E-state index contributed by atoms with van der Waals surface area (Å²) < 4.78 is 6.04. The van der Waals surface area contributed by atoms with Crippen LogP contribution in [-0.2, 0) is 9.53 Å². The van der Waals surface area contributed by atoms with Crippen LogP contribution in [0.4, 0.5) is 5.95 Å². The fourth-order valence-corrected chi connectivity index (χ4v) is 3.27. The highest BCUT2D eigenvalue weighted by Crippen LogP contribution is 2.35. The van der Waals surface area contributed by atoms with Crippen LogP contribution in [0.2, 0.25) is 0 Å². The van der Waals surface area contributed by atoms with Crippen molar-refractivity contribution in [3.63, 3.8) is 0 Å². The molecule has 2 aliphatic rings. The molecule has 6 heteroatoms. The van der Waals surface area contributed by atoms with E-state index in [1.165, 1.54) is 0 Å². The Morgan fingerprint density at radius 2 is 2.33 bits per heavy atom. The molecule has 0 bridgehead atoms. The van der Waals surface area contributed by atoms with Gasteiger partial charge in [-0.1, -0.05) is 6.92 Å². The van der Waals surface area contributed by atoms with Crippen LogP contribution in [0.5, 0.6) is 0 Å². The van der Waals surface area contributed by atoms with Crippen molar-refractivity contribution in [3.05, 3.63) is 18.5 Å². The molecule has 1 N–H and O–H groups in total. The Kier molecular flexibility index (Phi) is 4.05. The minimum absolute atomic E-state index is 0.185. The van der Waals surface area contributed by atoms with E-state index in [0.29, 0.717) is 25.0 Å². The van der Waals surface area contributed by atoms with Crippen LogP contribution >= 0.6 is 0 Å². The zero-order chi connectivity index (χ0) is 14.7. The molecule has 2 aliphatic heterocycles. The molecular weight excluding hydrogens is 268 g/mol. The Balaban J connectivity index is 1.62. The second-order valence-electron chi connectivity index (χ2n) is 5.86. The maximum Gasteiger partial charge on any atom is 0.222 e. The summed E-state index contributed by atoms with van der Waals surface area (Å²) in [6.45, 7) is 4.15. The van der Waals surface area contributed by atoms with Crippen LogP contribution < -0.4 is 5.32 Å². The van der Waals surface area contributed by atoms with E-state index in [1.807, 2.05) is 17.9 Å². The van der Waals surface area contributed by atoms with Crippen molar-refractivity contribution in [1.82, 2.24) is 14.9 Å². The highest BCUT2D eigenvalue weighted by Gasteiger charge is 2.44. The number of likely N-dealkylation sites (tertiary alicyclic amines) is 1. The summed E-state index contributed by atoms with van der Waals surface area (Å²) in [6.07, 6.45) is 6.81. The monoisotopic (exact) mass is 290 g/mol. The van der Waals surface area contributed by atoms with Gasteiger partial charge in [-0.25, -0.2) is 9.97 Å². The van der Waals surface area contributed by atoms with Crippen LogP contribution in [0.25, 0.3) is 0 Å². The number of hydrogen-bond donors (Lipinski definition) is 1. The molecule has 0 radical (unpaired) electrons. The van der Waals surface area contributed by atoms with Crippen LogP contribution in [0, 0.1) is 0 Å². The largest absolute Gasteiger partial charge is 0.373 e. The van der Waals surface area contributed by atoms with Gasteiger partial charge in [0.1, 0.15) is 0 Å². The second kappa shape index (κ2) is 5.97. The zero-order valence-corrected chi connectivity index (χ0v) is 12.4. The number of carbonyl (C=O) groups excluding carboxylic acids is 1. The standard InChI is InChI=1S/C15H22N4O2/c1-2-13(20)19-8-5-15(11-19)10-12(4-9-21-15)18-14-16-6-3-7-17-14/h3,6-7,12H,2,4-5,8-11H2,1H3,(H,16,17,18)/t12-,15-/m1/s1. The first-order chi connectivity index (χ1) is 10.2. The Labute approximate surface area is 124 Å². The van der Waals surface area contributed by atoms with Crippen molar-refractivity contribution < 1.29 is 9.53 Å². The van der Waals surface area contributed by atoms with Gasteiger partial charge in [0, 0.05) is 44.6 Å². The van der Waals surface area contributed by atoms with Gasteiger partial charge in [-0.3, -0.25) is 4.79 Å². The summed E-state index contributed by atoms with van der Waals surface area (Å²) in [4.78, 5) is 22.2. The molecule has 6 nitrogen and oxygen atoms in total. The van der Waals surface area contributed by atoms with Gasteiger partial charge < -0.3 is 15.0 Å². The minimum Gasteiger partial charge on any atom is -0.373 e. The van der Waals surface area contributed by atoms with E-state index in [-0.39, 0.29) is 11.5 Å². The molecule has 0 aromatic carbocycles. The Morgan fingerprint density at radius 3 is 3.10 bits per heavy atom. The van der Waals surface area contributed by atoms with Gasteiger partial charge in [-0.05, 0) is 25.3 Å². The zero-order valence-electron chi connectivity index (χ0n) is 12.4. The summed E-state index contributed by atoms with van der Waals surface area (Å²) in [5.74, 6) is 0.885. The number of carbonyl (C=O) groups is 1. The summed E-state index contributed by atoms with van der Waals surface area (Å²) in [5, 5.41) is 3.38. The second-order valence-corrected chi connectivity index (χ2v) is 5.86. The number of hydrogen-bond acceptors (Lipinski definition) is 5. The summed E-state index contributed by atoms with van der Waals surface area (Å²) in [6, 6.07) is 2.11. The highest BCUT2D eigenvalue weighted by atomic mass is 16.5. The number of aromatic nitrogens is 2. The van der Waals surface area contributed by atoms with E-state index in [2.05, 4.69) is 15.3 Å². The van der Waals surface area contributed by atoms with E-state index in [9.17, 15) is 4.79 Å². The third kappa shape index (κ3) is 3.15. The summed E-state index contributed by atoms with van der Waals surface area (Å²) >= 11 is 0. The number of ether oxygens (including phenoxy) is 1. The minimum atomic E-state index is -0.185. The number of nitrogens with one attached hydrogen (secondary N) is 1. The summed E-state index contributed by atoms with van der Waals surface area (Å²) in [5.41, 5.74) is -0.185. The molecule has 0 unspecified atom stereocenters. The molecule has 21 heavy (non-hydrogen) atoms. The quantitative estimate of drug-likeness (QED) is 0.912. The van der Waals surface area contributed by atoms with Crippen LogP contribution in [-0.4, -0.2) is 52.1 Å². The van der Waals surface area contributed by atoms with E-state index in [1.54, 1.807) is 12.4 Å². The van der Waals surface area contributed by atoms with Gasteiger partial charge >= 0.3 is 0 Å². The maximum absolute atomic E-state index is 11.8. The third-order valence-corrected chi connectivity index (χ3v) is 4.36. The van der Waals surface area contributed by atoms with Crippen molar-refractivity contribution in [1.29, 1.82) is 0 Å². The highest BCUT2D eigenvalue weighted by molar-refractivity contribution is 5.76. The lowest BCUT2D eigenvalue weighted by Crippen LogP contribution is -2.47. The van der Waals surface area contributed by atoms with E-state index in [4.69, 9.17) is 4.74 Å². The number of nitrogens with zero attached hydrogens (tertiary/aromatic N) is 3. The number of rotatable bonds is 3. The Morgan fingerprint density at radius 1 is 1.52 bits per heavy atom. The van der Waals surface area contributed by atoms with Gasteiger partial charge in [-0.2, -0.15) is 0 Å². The molecule has 2 atom stereocenters. The van der Waals surface area contributed by atoms with Crippen molar-refractivity contribution >= 4 is 11.9 Å². The first-order valence-corrected chi connectivity index (χ1v) is 7.66. The number of amides is 1. The molecule has 114 valence electrons. The molecule has 1 amide bonds. The lowest BCUT2D eigenvalue weighted by Gasteiger charge is -2.38. The van der Waals surface area contributed by atoms with E-state index in [0.717, 1.165) is 32.4 Å². The number of anilines is 1. The SMILES string of the molecule is CCC(=O)N1CC[C@@]2(C[C@H](Nc3ncccn3)CCO2)C1. The van der Waals surface area contributed by atoms with Gasteiger partial charge in [0.25, 0.3) is 0 Å². The van der Waals surface area contributed by atoms with Crippen LogP contribution in [0.1, 0.15) is 32.6 Å². The maximum atomic E-state index is 11.8. The van der Waals surface area contributed by atoms with E-state index >= 15 is 0 Å². The Bertz CT molecular complexity index is 496. The lowest BCUT2D eigenvalue weighted by atomic mass is 9.89. The van der Waals surface area contributed by atoms with Crippen molar-refractivity contribution in [2.45, 2.75) is 44.2 Å². The molecule has 1 aromatic rings. The third-order valence-electron chi connectivity index (χ3n) is 4.36. The predicted molar refractivity (Wildman–Crippen MR) is 78.8 cm³/mol. The summed E-state index contributed by atoms with van der Waals surface area (Å²) in [7, 11) is 0. The fourth-order valence-electron chi connectivity index (χ4n) is 3.27. The van der Waals surface area contributed by atoms with Gasteiger partial charge in [-0.15, -0.1) is 0 Å². The van der Waals surface area contributed by atoms with Gasteiger partial charge in [0.2, 0.25) is 11.9 Å². The molecule has 0 aliphatic carbocycles. The molecule has 3 heterocycles. The molecule has 1 spiro atoms. The molecular formula is C15H22N4O2. The Hall–Kier alpha value is -1.69. The van der Waals surface area contributed by atoms with Crippen LogP contribution in [0.3, 0.4) is 0 Å². The molecule has 3 rings (SSSR count). The molecule has 1 aromatic heterocycles. The first kappa shape index (κ1) is 14.3. The first-order valence-electron chi connectivity index (χ1n) is 7.66. The molecule has 2 fully saturated rings. The smallest absolute Gasteiger partial charge is 0.222 e. The van der Waals surface area contributed by atoms with Crippen molar-refractivity contribution in [2.75, 3.05) is 25.0 Å². The normalized spacial score (nSPS) is 28.8. The average Bonchev–Trinajstić information content (AvgIpc) is 2.91. The average molecular weight is 290 g/mol. The van der Waals surface area contributed by atoms with Crippen molar-refractivity contribution in [2.24, 2.45) is 0 Å². The molecule has 2 saturated heterocycles. The lowest BCUT2D eigenvalue weighted by molar-refractivity contribution is -0.132. The fraction of sp³-hybridized carbons (Fsp3) is 0.667. The van der Waals surface area contributed by atoms with Crippen LogP contribution in [0.15, 0.2) is 18.5 Å². The van der Waals surface area contributed by atoms with E-state index < -0.39 is 0 Å². The predicted octanol–water partition coefficient (Wildman–Crippen LogP) is 1.45. The van der Waals surface area contributed by atoms with Gasteiger partial charge in [0.15, 0.2) is 0 Å². The van der Waals surface area contributed by atoms with Crippen molar-refractivity contribution in [3.8, 4) is 0 Å². The molecule has 0 saturated carbocycles. The van der Waals surface area contributed by atoms with Gasteiger partial charge in [0.05, 0.1) is 5.60 Å².